The molecule has 1 nitrogen and oxygen atoms in total. The standard InChI is InChI=1S/C22H22F3N.ClH/c1-16(20-13-5-10-18-9-2-3-12-21(18)20)26-14-6-8-17-7-4-11-19(15-17)22(23,24)25;/h2-5,7,9-13,15-16,26H,6,8,14H2,1H3;1H/t16-;/m1./s1/i1D3,8D2,14D2,16D;. The third-order valence-electron chi connectivity index (χ3n) is 3.84. The first-order chi connectivity index (χ1) is 15.5. The van der Waals surface area contributed by atoms with Crippen LogP contribution in [0, 0.1) is 0 Å². The van der Waals surface area contributed by atoms with E-state index in [4.69, 9.17) is 11.0 Å². The Bertz CT molecular complexity index is 1180. The molecule has 27 heavy (non-hydrogen) atoms. The highest BCUT2D eigenvalue weighted by molar-refractivity contribution is 5.86. The van der Waals surface area contributed by atoms with E-state index in [-0.39, 0.29) is 18.0 Å². The van der Waals surface area contributed by atoms with Crippen LogP contribution in [-0.2, 0) is 12.5 Å². The van der Waals surface area contributed by atoms with Gasteiger partial charge in [0, 0.05) is 15.6 Å². The van der Waals surface area contributed by atoms with Crippen molar-refractivity contribution in [2.24, 2.45) is 0 Å². The maximum atomic E-state index is 13.1. The van der Waals surface area contributed by atoms with Gasteiger partial charge >= 0.3 is 6.18 Å². The number of aryl methyl sites for hydroxylation is 1. The lowest BCUT2D eigenvalue weighted by Gasteiger charge is -2.17. The van der Waals surface area contributed by atoms with Crippen molar-refractivity contribution in [1.82, 2.24) is 5.32 Å². The highest BCUT2D eigenvalue weighted by Gasteiger charge is 2.30. The van der Waals surface area contributed by atoms with Crippen LogP contribution >= 0.6 is 12.4 Å². The Hall–Kier alpha value is -2.04. The zero-order valence-corrected chi connectivity index (χ0v) is 14.9. The van der Waals surface area contributed by atoms with Crippen molar-refractivity contribution in [3.8, 4) is 0 Å². The summed E-state index contributed by atoms with van der Waals surface area (Å²) < 4.78 is 105. The minimum atomic E-state index is -4.71. The second-order valence-electron chi connectivity index (χ2n) is 5.64. The molecule has 1 N–H and O–H groups in total. The second-order valence-corrected chi connectivity index (χ2v) is 5.64. The number of hydrogen-bond donors (Lipinski definition) is 1. The molecule has 3 rings (SSSR count). The maximum Gasteiger partial charge on any atom is 0.416 e. The molecule has 0 aromatic heterocycles. The molecule has 0 aliphatic rings. The van der Waals surface area contributed by atoms with Gasteiger partial charge < -0.3 is 5.32 Å². The SMILES string of the molecule is Cl.[2H]C([2H])(CC([2H])([2H])c1cccc(C(F)(F)F)c1)N[C@@]([2H])(c1cccc2ccccc12)C([2H])([2H])[2H]. The number of nitrogens with one attached hydrogen (secondary N) is 1. The lowest BCUT2D eigenvalue weighted by atomic mass is 9.99. The molecular formula is C22H23ClF3N. The van der Waals surface area contributed by atoms with Crippen molar-refractivity contribution in [3.63, 3.8) is 0 Å². The van der Waals surface area contributed by atoms with Gasteiger partial charge in [-0.05, 0) is 54.1 Å². The molecule has 0 spiro atoms. The van der Waals surface area contributed by atoms with E-state index >= 15 is 0 Å². The van der Waals surface area contributed by atoms with E-state index in [1.807, 2.05) is 0 Å². The van der Waals surface area contributed by atoms with Gasteiger partial charge in [0.1, 0.15) is 0 Å². The highest BCUT2D eigenvalue weighted by Crippen LogP contribution is 2.29. The highest BCUT2D eigenvalue weighted by atomic mass is 35.5. The molecule has 0 aliphatic carbocycles. The van der Waals surface area contributed by atoms with Crippen molar-refractivity contribution < 1.29 is 24.1 Å². The third-order valence-corrected chi connectivity index (χ3v) is 3.84. The summed E-state index contributed by atoms with van der Waals surface area (Å²) in [5.41, 5.74) is -1.53. The average Bonchev–Trinajstić information content (AvgIpc) is 2.70. The van der Waals surface area contributed by atoms with E-state index < -0.39 is 49.5 Å². The van der Waals surface area contributed by atoms with Crippen LogP contribution in [0.15, 0.2) is 66.7 Å². The monoisotopic (exact) mass is 401 g/mol. The Morgan fingerprint density at radius 1 is 1.07 bits per heavy atom. The first-order valence-corrected chi connectivity index (χ1v) is 7.92. The summed E-state index contributed by atoms with van der Waals surface area (Å²) in [5, 5.41) is 3.19. The number of fused-ring (bicyclic) bond motifs is 1. The van der Waals surface area contributed by atoms with Gasteiger partial charge in [0.15, 0.2) is 0 Å². The van der Waals surface area contributed by atoms with Crippen LogP contribution in [0.2, 0.25) is 0 Å². The largest absolute Gasteiger partial charge is 0.416 e. The Kier molecular flexibility index (Phi) is 4.25. The molecule has 0 unspecified atom stereocenters. The Morgan fingerprint density at radius 2 is 1.81 bits per heavy atom. The Balaban J connectivity index is 0.00000432. The van der Waals surface area contributed by atoms with Gasteiger partial charge in [0.2, 0.25) is 0 Å². The molecule has 0 saturated carbocycles. The number of benzene rings is 3. The molecule has 5 heteroatoms. The molecule has 0 heterocycles. The number of halogens is 4. The summed E-state index contributed by atoms with van der Waals surface area (Å²) in [5.74, 6) is 0. The zero-order valence-electron chi connectivity index (χ0n) is 22.1. The van der Waals surface area contributed by atoms with Gasteiger partial charge in [-0.1, -0.05) is 60.7 Å². The van der Waals surface area contributed by atoms with Gasteiger partial charge in [0.05, 0.1) is 6.93 Å². The van der Waals surface area contributed by atoms with Crippen molar-refractivity contribution in [1.29, 1.82) is 0 Å². The molecular weight excluding hydrogens is 371 g/mol. The molecule has 0 amide bonds. The van der Waals surface area contributed by atoms with Crippen LogP contribution in [-0.4, -0.2) is 6.50 Å². The first-order valence-electron chi connectivity index (χ1n) is 11.9. The van der Waals surface area contributed by atoms with E-state index in [2.05, 4.69) is 5.32 Å². The third kappa shape index (κ3) is 5.47. The Labute approximate surface area is 175 Å². The fraction of sp³-hybridized carbons (Fsp3) is 0.273. The van der Waals surface area contributed by atoms with Crippen molar-refractivity contribution in [3.05, 3.63) is 83.4 Å². The predicted molar refractivity (Wildman–Crippen MR) is 107 cm³/mol. The van der Waals surface area contributed by atoms with Crippen LogP contribution in [0.3, 0.4) is 0 Å². The van der Waals surface area contributed by atoms with Crippen LogP contribution in [0.25, 0.3) is 10.8 Å². The van der Waals surface area contributed by atoms with Crippen LogP contribution in [0.5, 0.6) is 0 Å². The van der Waals surface area contributed by atoms with Gasteiger partial charge in [0.25, 0.3) is 0 Å². The molecule has 3 aromatic carbocycles. The molecule has 0 saturated heterocycles. The van der Waals surface area contributed by atoms with Crippen LogP contribution in [0.4, 0.5) is 13.2 Å². The summed E-state index contributed by atoms with van der Waals surface area (Å²) in [6.07, 6.45) is -8.36. The summed E-state index contributed by atoms with van der Waals surface area (Å²) in [6.45, 7) is -5.86. The van der Waals surface area contributed by atoms with Gasteiger partial charge in [-0.3, -0.25) is 0 Å². The van der Waals surface area contributed by atoms with Crippen LogP contribution < -0.4 is 5.32 Å². The van der Waals surface area contributed by atoms with Gasteiger partial charge in [-0.25, -0.2) is 0 Å². The van der Waals surface area contributed by atoms with Crippen molar-refractivity contribution >= 4 is 23.2 Å². The van der Waals surface area contributed by atoms with Gasteiger partial charge in [-0.15, -0.1) is 12.4 Å². The molecule has 0 radical (unpaired) electrons. The number of rotatable bonds is 6. The summed E-state index contributed by atoms with van der Waals surface area (Å²) in [7, 11) is 0. The quantitative estimate of drug-likeness (QED) is 0.493. The summed E-state index contributed by atoms with van der Waals surface area (Å²) >= 11 is 0. The summed E-state index contributed by atoms with van der Waals surface area (Å²) in [4.78, 5) is 0. The predicted octanol–water partition coefficient (Wildman–Crippen LogP) is 6.56. The minimum Gasteiger partial charge on any atom is -0.310 e. The number of alkyl halides is 3. The molecule has 0 fully saturated rings. The van der Waals surface area contributed by atoms with E-state index in [1.54, 1.807) is 30.3 Å². The molecule has 0 bridgehead atoms. The zero-order chi connectivity index (χ0) is 25.6. The normalized spacial score (nSPS) is 19.7. The van der Waals surface area contributed by atoms with Crippen molar-refractivity contribution in [2.75, 3.05) is 6.50 Å². The smallest absolute Gasteiger partial charge is 0.310 e. The van der Waals surface area contributed by atoms with E-state index in [1.165, 1.54) is 12.1 Å². The van der Waals surface area contributed by atoms with E-state index in [9.17, 15) is 13.2 Å². The lowest BCUT2D eigenvalue weighted by molar-refractivity contribution is -0.137. The first kappa shape index (κ1) is 12.4. The topological polar surface area (TPSA) is 12.0 Å². The molecule has 3 aromatic rings. The van der Waals surface area contributed by atoms with Crippen molar-refractivity contribution in [2.45, 2.75) is 31.8 Å². The Morgan fingerprint density at radius 3 is 2.59 bits per heavy atom. The van der Waals surface area contributed by atoms with E-state index in [0.717, 1.165) is 18.2 Å². The fourth-order valence-electron chi connectivity index (χ4n) is 2.60. The lowest BCUT2D eigenvalue weighted by Crippen LogP contribution is -2.20. The molecule has 1 atom stereocenters. The van der Waals surface area contributed by atoms with Gasteiger partial charge in [-0.2, -0.15) is 13.2 Å². The minimum absolute atomic E-state index is 0. The average molecular weight is 402 g/mol. The maximum absolute atomic E-state index is 13.1. The molecule has 0 aliphatic heterocycles. The second kappa shape index (κ2) is 9.25. The molecule has 144 valence electrons. The van der Waals surface area contributed by atoms with E-state index in [0.29, 0.717) is 16.8 Å². The summed E-state index contributed by atoms with van der Waals surface area (Å²) in [6, 6.07) is 12.1. The fourth-order valence-corrected chi connectivity index (χ4v) is 2.60. The van der Waals surface area contributed by atoms with Crippen LogP contribution in [0.1, 0.15) is 46.9 Å². The number of hydrogen-bond acceptors (Lipinski definition) is 1.